The molecule has 0 amide bonds. The van der Waals surface area contributed by atoms with Crippen LogP contribution < -0.4 is 5.43 Å². The number of amidine groups is 1. The van der Waals surface area contributed by atoms with Gasteiger partial charge in [-0.15, -0.1) is 0 Å². The van der Waals surface area contributed by atoms with Gasteiger partial charge in [0.1, 0.15) is 11.4 Å². The van der Waals surface area contributed by atoms with Crippen molar-refractivity contribution in [3.63, 3.8) is 0 Å². The Morgan fingerprint density at radius 3 is 2.74 bits per heavy atom. The molecule has 0 radical (unpaired) electrons. The van der Waals surface area contributed by atoms with Crippen molar-refractivity contribution in [2.24, 2.45) is 10.5 Å². The van der Waals surface area contributed by atoms with Gasteiger partial charge in [-0.3, -0.25) is 0 Å². The van der Waals surface area contributed by atoms with Gasteiger partial charge < -0.3 is 29.3 Å². The number of aliphatic hydroxyl groups is 1. The zero-order valence-corrected chi connectivity index (χ0v) is 20.9. The van der Waals surface area contributed by atoms with Gasteiger partial charge in [0.05, 0.1) is 55.7 Å². The monoisotopic (exact) mass is 514 g/mol. The number of piperidine rings is 1. The van der Waals surface area contributed by atoms with Crippen molar-refractivity contribution in [1.82, 2.24) is 25.0 Å². The van der Waals surface area contributed by atoms with E-state index >= 15 is 0 Å². The summed E-state index contributed by atoms with van der Waals surface area (Å²) in [5.41, 5.74) is 7.55. The number of aliphatic hydroxyl groups excluding tert-OH is 1. The number of ether oxygens (including phenoxy) is 1. The molecule has 9 nitrogen and oxygen atoms in total. The number of halogens is 1. The van der Waals surface area contributed by atoms with E-state index in [4.69, 9.17) is 14.4 Å². The SMILES string of the molecule is Cc1cn(-c2ccc(/C=C3\CC4(COC4)CN4C3=NNCC4(CO)c3ccc(F)cc3)c3cnoc23)cn1. The van der Waals surface area contributed by atoms with Gasteiger partial charge >= 0.3 is 0 Å². The molecular weight excluding hydrogens is 487 g/mol. The van der Waals surface area contributed by atoms with E-state index in [1.54, 1.807) is 24.7 Å². The predicted molar refractivity (Wildman–Crippen MR) is 139 cm³/mol. The third-order valence-corrected chi connectivity index (χ3v) is 7.99. The summed E-state index contributed by atoms with van der Waals surface area (Å²) in [6.07, 6.45) is 8.35. The van der Waals surface area contributed by atoms with Crippen LogP contribution in [0.5, 0.6) is 0 Å². The normalized spacial score (nSPS) is 23.3. The third kappa shape index (κ3) is 3.48. The largest absolute Gasteiger partial charge is 0.393 e. The lowest BCUT2D eigenvalue weighted by atomic mass is 9.72. The first-order valence-corrected chi connectivity index (χ1v) is 12.6. The molecule has 4 aromatic rings. The number of aryl methyl sites for hydroxylation is 1. The van der Waals surface area contributed by atoms with Gasteiger partial charge in [0.15, 0.2) is 11.4 Å². The van der Waals surface area contributed by atoms with Crippen LogP contribution in [0.3, 0.4) is 0 Å². The van der Waals surface area contributed by atoms with Crippen molar-refractivity contribution < 1.29 is 18.8 Å². The maximum absolute atomic E-state index is 13.8. The highest BCUT2D eigenvalue weighted by Gasteiger charge is 2.53. The molecule has 3 aliphatic heterocycles. The zero-order valence-electron chi connectivity index (χ0n) is 20.9. The fourth-order valence-corrected chi connectivity index (χ4v) is 5.93. The second-order valence-corrected chi connectivity index (χ2v) is 10.6. The van der Waals surface area contributed by atoms with E-state index in [1.165, 1.54) is 12.1 Å². The summed E-state index contributed by atoms with van der Waals surface area (Å²) in [7, 11) is 0. The van der Waals surface area contributed by atoms with Crippen LogP contribution in [0.2, 0.25) is 0 Å². The van der Waals surface area contributed by atoms with Crippen LogP contribution in [0, 0.1) is 18.2 Å². The van der Waals surface area contributed by atoms with E-state index in [2.05, 4.69) is 32.6 Å². The summed E-state index contributed by atoms with van der Waals surface area (Å²) in [6.45, 7) is 4.15. The molecule has 38 heavy (non-hydrogen) atoms. The quantitative estimate of drug-likeness (QED) is 0.431. The molecule has 2 N–H and O–H groups in total. The topological polar surface area (TPSA) is 101 Å². The Morgan fingerprint density at radius 1 is 1.18 bits per heavy atom. The molecular formula is C28H27FN6O3. The molecule has 2 fully saturated rings. The first-order valence-electron chi connectivity index (χ1n) is 12.6. The van der Waals surface area contributed by atoms with Gasteiger partial charge in [-0.25, -0.2) is 9.37 Å². The van der Waals surface area contributed by atoms with Crippen LogP contribution in [-0.2, 0) is 10.3 Å². The van der Waals surface area contributed by atoms with Crippen molar-refractivity contribution in [2.45, 2.75) is 18.9 Å². The average Bonchev–Trinajstić information content (AvgIpc) is 3.58. The number of nitrogens with zero attached hydrogens (tertiary/aromatic N) is 5. The molecule has 194 valence electrons. The van der Waals surface area contributed by atoms with Crippen LogP contribution in [0.15, 0.2) is 70.3 Å². The number of aromatic nitrogens is 3. The van der Waals surface area contributed by atoms with Crippen molar-refractivity contribution >= 4 is 22.9 Å². The van der Waals surface area contributed by atoms with Gasteiger partial charge in [0.25, 0.3) is 0 Å². The van der Waals surface area contributed by atoms with Crippen molar-refractivity contribution in [3.8, 4) is 5.69 Å². The highest BCUT2D eigenvalue weighted by atomic mass is 19.1. The number of rotatable bonds is 4. The average molecular weight is 515 g/mol. The summed E-state index contributed by atoms with van der Waals surface area (Å²) in [4.78, 5) is 6.52. The predicted octanol–water partition coefficient (Wildman–Crippen LogP) is 3.37. The fraction of sp³-hybridized carbons (Fsp3) is 0.321. The Hall–Kier alpha value is -4.02. The Kier molecular flexibility index (Phi) is 5.17. The van der Waals surface area contributed by atoms with Crippen LogP contribution in [-0.4, -0.2) is 63.5 Å². The Morgan fingerprint density at radius 2 is 2.03 bits per heavy atom. The van der Waals surface area contributed by atoms with Crippen molar-refractivity contribution in [1.29, 1.82) is 0 Å². The molecule has 0 aliphatic carbocycles. The molecule has 2 aromatic carbocycles. The number of nitrogens with one attached hydrogen (secondary N) is 1. The van der Waals surface area contributed by atoms with Crippen molar-refractivity contribution in [3.05, 3.63) is 83.3 Å². The minimum Gasteiger partial charge on any atom is -0.393 e. The molecule has 2 aromatic heterocycles. The molecule has 5 heterocycles. The summed E-state index contributed by atoms with van der Waals surface area (Å²) in [5, 5.41) is 20.5. The summed E-state index contributed by atoms with van der Waals surface area (Å²) >= 11 is 0. The van der Waals surface area contributed by atoms with E-state index in [0.717, 1.165) is 45.7 Å². The maximum Gasteiger partial charge on any atom is 0.191 e. The van der Waals surface area contributed by atoms with Crippen LogP contribution in [0.1, 0.15) is 23.2 Å². The number of hydrazone groups is 1. The minimum atomic E-state index is -0.789. The molecule has 1 spiro atoms. The number of imidazole rings is 1. The van der Waals surface area contributed by atoms with Gasteiger partial charge in [0.2, 0.25) is 0 Å². The highest BCUT2D eigenvalue weighted by molar-refractivity contribution is 6.05. The van der Waals surface area contributed by atoms with E-state index in [1.807, 2.05) is 23.8 Å². The van der Waals surface area contributed by atoms with E-state index < -0.39 is 5.54 Å². The van der Waals surface area contributed by atoms with Gasteiger partial charge in [0, 0.05) is 18.2 Å². The van der Waals surface area contributed by atoms with Crippen molar-refractivity contribution in [2.75, 3.05) is 32.9 Å². The second kappa shape index (κ2) is 8.50. The summed E-state index contributed by atoms with van der Waals surface area (Å²) < 4.78 is 27.1. The highest BCUT2D eigenvalue weighted by Crippen LogP contribution is 2.46. The Balaban J connectivity index is 1.34. The van der Waals surface area contributed by atoms with Gasteiger partial charge in [-0.2, -0.15) is 5.10 Å². The van der Waals surface area contributed by atoms with E-state index in [9.17, 15) is 9.50 Å². The number of fused-ring (bicyclic) bond motifs is 2. The second-order valence-electron chi connectivity index (χ2n) is 10.6. The first kappa shape index (κ1) is 23.1. The summed E-state index contributed by atoms with van der Waals surface area (Å²) in [5.74, 6) is 0.459. The smallest absolute Gasteiger partial charge is 0.191 e. The Labute approximate surface area is 218 Å². The van der Waals surface area contributed by atoms with Gasteiger partial charge in [-0.05, 0) is 54.3 Å². The zero-order chi connectivity index (χ0) is 25.9. The lowest BCUT2D eigenvalue weighted by molar-refractivity contribution is -0.136. The minimum absolute atomic E-state index is 0.0926. The number of hydrogen-bond acceptors (Lipinski definition) is 8. The molecule has 10 heteroatoms. The number of hydrogen-bond donors (Lipinski definition) is 2. The maximum atomic E-state index is 13.8. The molecule has 0 bridgehead atoms. The lowest BCUT2D eigenvalue weighted by Gasteiger charge is -2.57. The first-order chi connectivity index (χ1) is 18.5. The molecule has 2 saturated heterocycles. The number of benzene rings is 2. The van der Waals surface area contributed by atoms with Crippen LogP contribution in [0.25, 0.3) is 22.7 Å². The van der Waals surface area contributed by atoms with Crippen LogP contribution >= 0.6 is 0 Å². The molecule has 7 rings (SSSR count). The molecule has 1 unspecified atom stereocenters. The van der Waals surface area contributed by atoms with Gasteiger partial charge in [-0.1, -0.05) is 23.4 Å². The molecule has 1 atom stereocenters. The standard InChI is InChI=1S/C28H27FN6O3/c1-18-11-34(17-30-18)24-7-2-19(23-10-32-38-25(23)24)8-20-9-27(15-37-16-27)13-35-26(20)33-31-12-28(35,14-36)21-3-5-22(29)6-4-21/h2-8,10-11,17,31,36H,9,12-16H2,1H3/b20-8+. The lowest BCUT2D eigenvalue weighted by Crippen LogP contribution is -2.67. The third-order valence-electron chi connectivity index (χ3n) is 7.99. The fourth-order valence-electron chi connectivity index (χ4n) is 5.93. The van der Waals surface area contributed by atoms with E-state index in [-0.39, 0.29) is 17.8 Å². The Bertz CT molecular complexity index is 1590. The summed E-state index contributed by atoms with van der Waals surface area (Å²) in [6, 6.07) is 10.4. The van der Waals surface area contributed by atoms with E-state index in [0.29, 0.717) is 31.9 Å². The molecule has 0 saturated carbocycles. The molecule has 3 aliphatic rings. The van der Waals surface area contributed by atoms with Crippen LogP contribution in [0.4, 0.5) is 4.39 Å².